The Kier molecular flexibility index (Phi) is 7.57. The van der Waals surface area contributed by atoms with E-state index in [0.717, 1.165) is 42.2 Å². The zero-order valence-electron chi connectivity index (χ0n) is 18.2. The molecule has 0 saturated carbocycles. The first-order chi connectivity index (χ1) is 16.1. The lowest BCUT2D eigenvalue weighted by atomic mass is 9.96. The Morgan fingerprint density at radius 2 is 2.06 bits per heavy atom. The van der Waals surface area contributed by atoms with Crippen LogP contribution in [0.1, 0.15) is 42.0 Å². The highest BCUT2D eigenvalue weighted by molar-refractivity contribution is 7.99. The number of thioether (sulfide) groups is 1. The zero-order valence-corrected chi connectivity index (χ0v) is 19.0. The van der Waals surface area contributed by atoms with Crippen molar-refractivity contribution in [3.63, 3.8) is 0 Å². The number of rotatable bonds is 7. The molecule has 1 aliphatic heterocycles. The van der Waals surface area contributed by atoms with E-state index in [9.17, 15) is 14.7 Å². The number of aromatic nitrogens is 3. The van der Waals surface area contributed by atoms with Crippen molar-refractivity contribution in [1.29, 1.82) is 0 Å². The van der Waals surface area contributed by atoms with Gasteiger partial charge in [-0.25, -0.2) is 0 Å². The maximum Gasteiger partial charge on any atom is 0.258 e. The van der Waals surface area contributed by atoms with Crippen LogP contribution < -0.4 is 5.56 Å². The van der Waals surface area contributed by atoms with Crippen molar-refractivity contribution >= 4 is 23.7 Å². The first-order valence-electron chi connectivity index (χ1n) is 11.0. The van der Waals surface area contributed by atoms with Crippen LogP contribution in [-0.4, -0.2) is 43.2 Å². The molecule has 0 bridgehead atoms. The summed E-state index contributed by atoms with van der Waals surface area (Å²) in [4.78, 5) is 38.3. The van der Waals surface area contributed by atoms with E-state index in [2.05, 4.69) is 15.0 Å². The highest BCUT2D eigenvalue weighted by Gasteiger charge is 2.28. The van der Waals surface area contributed by atoms with Crippen LogP contribution in [0.15, 0.2) is 70.9 Å². The van der Waals surface area contributed by atoms with Gasteiger partial charge in [0, 0.05) is 25.4 Å². The fraction of sp³-hybridized carbons (Fsp3) is 0.280. The molecular formula is C25H26N4O3S. The van der Waals surface area contributed by atoms with E-state index in [4.69, 9.17) is 0 Å². The predicted octanol–water partition coefficient (Wildman–Crippen LogP) is 3.97. The number of H-pyrrole nitrogens is 1. The van der Waals surface area contributed by atoms with Crippen molar-refractivity contribution in [2.75, 3.05) is 12.3 Å². The van der Waals surface area contributed by atoms with E-state index in [1.165, 1.54) is 0 Å². The topological polar surface area (TPSA) is 99.2 Å². The number of aromatic amines is 1. The molecule has 1 fully saturated rings. The van der Waals surface area contributed by atoms with Crippen molar-refractivity contribution in [2.24, 2.45) is 0 Å². The molecule has 2 aromatic heterocycles. The minimum absolute atomic E-state index is 0.0136. The van der Waals surface area contributed by atoms with Gasteiger partial charge in [0.1, 0.15) is 0 Å². The molecule has 0 radical (unpaired) electrons. The Balaban J connectivity index is 1.39. The molecule has 2 N–H and O–H groups in total. The Morgan fingerprint density at radius 1 is 1.21 bits per heavy atom. The highest BCUT2D eigenvalue weighted by atomic mass is 32.2. The number of benzene rings is 1. The monoisotopic (exact) mass is 462 g/mol. The third-order valence-corrected chi connectivity index (χ3v) is 6.49. The average Bonchev–Trinajstić information content (AvgIpc) is 2.85. The third kappa shape index (κ3) is 5.90. The van der Waals surface area contributed by atoms with E-state index >= 15 is 0 Å². The quantitative estimate of drug-likeness (QED) is 0.407. The Bertz CT molecular complexity index is 1170. The number of piperidine rings is 1. The molecule has 1 unspecified atom stereocenters. The summed E-state index contributed by atoms with van der Waals surface area (Å²) in [5.74, 6) is -0.199. The van der Waals surface area contributed by atoms with Gasteiger partial charge in [-0.3, -0.25) is 14.6 Å². The lowest BCUT2D eigenvalue weighted by Crippen LogP contribution is -2.39. The molecule has 0 spiro atoms. The molecule has 1 aromatic carbocycles. The van der Waals surface area contributed by atoms with Gasteiger partial charge in [0.2, 0.25) is 11.8 Å². The van der Waals surface area contributed by atoms with Crippen LogP contribution in [-0.2, 0) is 11.2 Å². The number of hydrogen-bond acceptors (Lipinski definition) is 6. The number of allylic oxidation sites excluding steroid dienone is 1. The van der Waals surface area contributed by atoms with Crippen molar-refractivity contribution in [1.82, 2.24) is 19.9 Å². The van der Waals surface area contributed by atoms with E-state index in [1.807, 2.05) is 65.7 Å². The molecule has 3 heterocycles. The number of carbonyl (C=O) groups excluding carboxylic acids is 1. The molecule has 1 amide bonds. The predicted molar refractivity (Wildman–Crippen MR) is 129 cm³/mol. The average molecular weight is 463 g/mol. The Morgan fingerprint density at radius 3 is 2.82 bits per heavy atom. The van der Waals surface area contributed by atoms with Crippen LogP contribution in [0, 0.1) is 0 Å². The van der Waals surface area contributed by atoms with E-state index in [0.29, 0.717) is 6.54 Å². The summed E-state index contributed by atoms with van der Waals surface area (Å²) in [5, 5.41) is 10.5. The van der Waals surface area contributed by atoms with Crippen molar-refractivity contribution in [3.8, 4) is 5.88 Å². The first kappa shape index (κ1) is 22.8. The maximum atomic E-state index is 13.0. The van der Waals surface area contributed by atoms with Crippen LogP contribution in [0.2, 0.25) is 0 Å². The second kappa shape index (κ2) is 11.0. The maximum absolute atomic E-state index is 13.0. The zero-order chi connectivity index (χ0) is 23.0. The lowest BCUT2D eigenvalue weighted by Gasteiger charge is -2.36. The molecule has 0 aliphatic carbocycles. The number of nitrogens with one attached hydrogen (secondary N) is 1. The minimum atomic E-state index is -0.402. The summed E-state index contributed by atoms with van der Waals surface area (Å²) < 4.78 is 0. The summed E-state index contributed by atoms with van der Waals surface area (Å²) >= 11 is 1.13. The van der Waals surface area contributed by atoms with E-state index in [1.54, 1.807) is 6.20 Å². The smallest absolute Gasteiger partial charge is 0.258 e. The number of hydrogen-bond donors (Lipinski definition) is 2. The second-order valence-corrected chi connectivity index (χ2v) is 8.83. The number of amides is 1. The van der Waals surface area contributed by atoms with Gasteiger partial charge in [-0.2, -0.15) is 4.98 Å². The molecule has 1 aliphatic rings. The molecule has 1 saturated heterocycles. The fourth-order valence-electron chi connectivity index (χ4n) is 3.96. The Hall–Kier alpha value is -3.39. The molecule has 3 aromatic rings. The van der Waals surface area contributed by atoms with Gasteiger partial charge in [0.15, 0.2) is 5.16 Å². The molecule has 33 heavy (non-hydrogen) atoms. The number of pyridine rings is 1. The van der Waals surface area contributed by atoms with Gasteiger partial charge in [-0.1, -0.05) is 60.3 Å². The van der Waals surface area contributed by atoms with Gasteiger partial charge >= 0.3 is 0 Å². The number of nitrogens with zero attached hydrogens (tertiary/aromatic N) is 3. The summed E-state index contributed by atoms with van der Waals surface area (Å²) in [6, 6.07) is 13.6. The van der Waals surface area contributed by atoms with Gasteiger partial charge < -0.3 is 15.0 Å². The van der Waals surface area contributed by atoms with Crippen LogP contribution in [0.4, 0.5) is 0 Å². The third-order valence-electron chi connectivity index (χ3n) is 5.63. The Labute approximate surface area is 196 Å². The van der Waals surface area contributed by atoms with Crippen LogP contribution in [0.5, 0.6) is 5.88 Å². The lowest BCUT2D eigenvalue weighted by molar-refractivity contribution is -0.132. The van der Waals surface area contributed by atoms with Crippen molar-refractivity contribution in [2.45, 2.75) is 36.9 Å². The largest absolute Gasteiger partial charge is 0.493 e. The fourth-order valence-corrected chi connectivity index (χ4v) is 4.70. The van der Waals surface area contributed by atoms with Gasteiger partial charge in [-0.15, -0.1) is 0 Å². The second-order valence-electron chi connectivity index (χ2n) is 7.86. The summed E-state index contributed by atoms with van der Waals surface area (Å²) in [6.45, 7) is 0.695. The molecular weight excluding hydrogens is 436 g/mol. The van der Waals surface area contributed by atoms with Crippen LogP contribution >= 0.6 is 11.8 Å². The molecule has 7 nitrogen and oxygen atoms in total. The normalized spacial score (nSPS) is 16.2. The summed E-state index contributed by atoms with van der Waals surface area (Å²) in [7, 11) is 0. The molecule has 170 valence electrons. The van der Waals surface area contributed by atoms with Crippen molar-refractivity contribution in [3.05, 3.63) is 88.0 Å². The molecule has 1 atom stereocenters. The SMILES string of the molecule is O=C(CSc1nc(O)c(C/C=C/c2ccccc2)c(=O)[nH]1)N1CCCCC1c1cccnc1. The highest BCUT2D eigenvalue weighted by Crippen LogP contribution is 2.31. The van der Waals surface area contributed by atoms with Gasteiger partial charge in [-0.05, 0) is 36.5 Å². The van der Waals surface area contributed by atoms with Gasteiger partial charge in [0.05, 0.1) is 17.4 Å². The summed E-state index contributed by atoms with van der Waals surface area (Å²) in [6.07, 6.45) is 10.4. The number of aromatic hydroxyl groups is 1. The standard InChI is InChI=1S/C25H26N4O3S/c30-22(29-15-5-4-13-21(29)19-11-7-14-26-16-19)17-33-25-27-23(31)20(24(32)28-25)12-6-10-18-8-2-1-3-9-18/h1-3,6-11,14,16,21H,4-5,12-13,15,17H2,(H2,27,28,31,32)/b10-6+. The van der Waals surface area contributed by atoms with Crippen LogP contribution in [0.25, 0.3) is 6.08 Å². The van der Waals surface area contributed by atoms with Crippen LogP contribution in [0.3, 0.4) is 0 Å². The number of carbonyl (C=O) groups is 1. The molecule has 8 heteroatoms. The first-order valence-corrected chi connectivity index (χ1v) is 12.0. The van der Waals surface area contributed by atoms with Crippen molar-refractivity contribution < 1.29 is 9.90 Å². The summed E-state index contributed by atoms with van der Waals surface area (Å²) in [5.41, 5.74) is 1.84. The van der Waals surface area contributed by atoms with E-state index < -0.39 is 5.56 Å². The van der Waals surface area contributed by atoms with Gasteiger partial charge in [0.25, 0.3) is 5.56 Å². The molecule has 4 rings (SSSR count). The minimum Gasteiger partial charge on any atom is -0.493 e. The number of likely N-dealkylation sites (tertiary alicyclic amines) is 1. The van der Waals surface area contributed by atoms with E-state index in [-0.39, 0.29) is 40.7 Å².